The maximum absolute atomic E-state index is 10.8. The van der Waals surface area contributed by atoms with E-state index in [-0.39, 0.29) is 18.1 Å². The summed E-state index contributed by atoms with van der Waals surface area (Å²) >= 11 is 0. The average Bonchev–Trinajstić information content (AvgIpc) is 2.28. The van der Waals surface area contributed by atoms with Crippen LogP contribution < -0.4 is 5.32 Å². The maximum Gasteiger partial charge on any atom is 0.466 e. The van der Waals surface area contributed by atoms with Crippen LogP contribution in [0.4, 0.5) is 0 Å². The number of hydrogen-bond acceptors (Lipinski definition) is 4. The molecular formula is C11H16NO8P. The lowest BCUT2D eigenvalue weighted by atomic mass is 10.1. The molecule has 9 nitrogen and oxygen atoms in total. The molecule has 0 aromatic heterocycles. The van der Waals surface area contributed by atoms with Gasteiger partial charge in [-0.05, 0) is 17.7 Å². The first-order chi connectivity index (χ1) is 9.49. The minimum Gasteiger partial charge on any atom is -0.508 e. The number of amides is 1. The Balaban J connectivity index is 0.000000690. The van der Waals surface area contributed by atoms with Crippen molar-refractivity contribution in [2.24, 2.45) is 0 Å². The summed E-state index contributed by atoms with van der Waals surface area (Å²) in [6.45, 7) is 1.27. The third-order valence-corrected chi connectivity index (χ3v) is 2.05. The van der Waals surface area contributed by atoms with Gasteiger partial charge >= 0.3 is 13.8 Å². The summed E-state index contributed by atoms with van der Waals surface area (Å²) in [5, 5.41) is 20.3. The molecule has 0 aliphatic heterocycles. The molecule has 1 rings (SSSR count). The van der Waals surface area contributed by atoms with E-state index in [1.54, 1.807) is 12.1 Å². The van der Waals surface area contributed by atoms with Gasteiger partial charge in [0.25, 0.3) is 0 Å². The summed E-state index contributed by atoms with van der Waals surface area (Å²) < 4.78 is 8.88. The number of rotatable bonds is 4. The van der Waals surface area contributed by atoms with E-state index in [2.05, 4.69) is 5.32 Å². The Hall–Kier alpha value is -1.93. The Morgan fingerprint density at radius 3 is 1.95 bits per heavy atom. The molecule has 1 amide bonds. The summed E-state index contributed by atoms with van der Waals surface area (Å²) in [5.74, 6) is -1.34. The van der Waals surface area contributed by atoms with Gasteiger partial charge < -0.3 is 30.2 Å². The summed E-state index contributed by atoms with van der Waals surface area (Å²) in [7, 11) is -4.64. The lowest BCUT2D eigenvalue weighted by Crippen LogP contribution is -2.41. The zero-order valence-electron chi connectivity index (χ0n) is 11.0. The monoisotopic (exact) mass is 321 g/mol. The third-order valence-electron chi connectivity index (χ3n) is 2.05. The van der Waals surface area contributed by atoms with Crippen LogP contribution in [0.2, 0.25) is 0 Å². The van der Waals surface area contributed by atoms with Crippen molar-refractivity contribution in [1.29, 1.82) is 0 Å². The number of benzene rings is 1. The van der Waals surface area contributed by atoms with Crippen molar-refractivity contribution in [2.45, 2.75) is 19.4 Å². The predicted molar refractivity (Wildman–Crippen MR) is 71.3 cm³/mol. The van der Waals surface area contributed by atoms with Crippen LogP contribution in [0.5, 0.6) is 5.75 Å². The van der Waals surface area contributed by atoms with Gasteiger partial charge in [0, 0.05) is 13.3 Å². The smallest absolute Gasteiger partial charge is 0.466 e. The first kappa shape index (κ1) is 19.1. The van der Waals surface area contributed by atoms with E-state index in [1.165, 1.54) is 19.1 Å². The Bertz CT molecular complexity index is 515. The summed E-state index contributed by atoms with van der Waals surface area (Å²) in [4.78, 5) is 43.2. The highest BCUT2D eigenvalue weighted by molar-refractivity contribution is 7.45. The fourth-order valence-corrected chi connectivity index (χ4v) is 1.31. The van der Waals surface area contributed by atoms with Crippen molar-refractivity contribution >= 4 is 19.7 Å². The molecule has 21 heavy (non-hydrogen) atoms. The largest absolute Gasteiger partial charge is 0.508 e. The standard InChI is InChI=1S/C11H13NO4.H3O4P/c1-7(13)12-10(11(15)16)6-8-2-4-9(14)5-3-8;1-5(2,3)4/h2-5,10,14H,6H2,1H3,(H,12,13)(H,15,16);(H3,1,2,3,4). The fraction of sp³-hybridized carbons (Fsp3) is 0.273. The molecule has 0 radical (unpaired) electrons. The Kier molecular flexibility index (Phi) is 7.61. The number of carbonyl (C=O) groups is 2. The molecule has 0 aliphatic rings. The minimum absolute atomic E-state index is 0.121. The van der Waals surface area contributed by atoms with Crippen molar-refractivity contribution in [2.75, 3.05) is 0 Å². The summed E-state index contributed by atoms with van der Waals surface area (Å²) in [5.41, 5.74) is 0.735. The Morgan fingerprint density at radius 2 is 1.62 bits per heavy atom. The highest BCUT2D eigenvalue weighted by Crippen LogP contribution is 2.25. The van der Waals surface area contributed by atoms with Crippen molar-refractivity contribution < 1.29 is 39.0 Å². The normalized spacial score (nSPS) is 11.8. The lowest BCUT2D eigenvalue weighted by Gasteiger charge is -2.13. The number of phosphoric acid groups is 1. The predicted octanol–water partition coefficient (Wildman–Crippen LogP) is -0.405. The van der Waals surface area contributed by atoms with Crippen LogP contribution >= 0.6 is 7.82 Å². The van der Waals surface area contributed by atoms with Gasteiger partial charge in [-0.15, -0.1) is 0 Å². The van der Waals surface area contributed by atoms with Gasteiger partial charge in [-0.1, -0.05) is 12.1 Å². The highest BCUT2D eigenvalue weighted by atomic mass is 31.2. The molecule has 0 saturated carbocycles. The first-order valence-corrected chi connectivity index (χ1v) is 7.11. The second-order valence-electron chi connectivity index (χ2n) is 3.98. The molecule has 0 fully saturated rings. The van der Waals surface area contributed by atoms with Crippen LogP contribution in [-0.4, -0.2) is 42.8 Å². The lowest BCUT2D eigenvalue weighted by molar-refractivity contribution is -0.141. The van der Waals surface area contributed by atoms with E-state index < -0.39 is 19.8 Å². The van der Waals surface area contributed by atoms with Gasteiger partial charge in [-0.3, -0.25) is 4.79 Å². The number of carbonyl (C=O) groups excluding carboxylic acids is 1. The van der Waals surface area contributed by atoms with E-state index in [0.29, 0.717) is 0 Å². The molecule has 118 valence electrons. The molecule has 0 aliphatic carbocycles. The van der Waals surface area contributed by atoms with E-state index >= 15 is 0 Å². The molecule has 1 aromatic carbocycles. The highest BCUT2D eigenvalue weighted by Gasteiger charge is 2.18. The molecular weight excluding hydrogens is 305 g/mol. The third kappa shape index (κ3) is 11.6. The van der Waals surface area contributed by atoms with Crippen molar-refractivity contribution in [1.82, 2.24) is 5.32 Å². The minimum atomic E-state index is -4.64. The topological polar surface area (TPSA) is 164 Å². The number of carboxylic acid groups (broad SMARTS) is 1. The molecule has 1 atom stereocenters. The summed E-state index contributed by atoms with van der Waals surface area (Å²) in [6, 6.07) is 5.24. The number of hydrogen-bond donors (Lipinski definition) is 6. The van der Waals surface area contributed by atoms with E-state index in [1.807, 2.05) is 0 Å². The van der Waals surface area contributed by atoms with Crippen molar-refractivity contribution in [3.05, 3.63) is 29.8 Å². The van der Waals surface area contributed by atoms with Crippen LogP contribution in [-0.2, 0) is 20.6 Å². The molecule has 6 N–H and O–H groups in total. The molecule has 1 unspecified atom stereocenters. The Labute approximate surface area is 120 Å². The molecule has 1 aromatic rings. The van der Waals surface area contributed by atoms with Gasteiger partial charge in [0.2, 0.25) is 5.91 Å². The van der Waals surface area contributed by atoms with E-state index in [4.69, 9.17) is 29.5 Å². The van der Waals surface area contributed by atoms with Crippen LogP contribution in [0.25, 0.3) is 0 Å². The average molecular weight is 321 g/mol. The van der Waals surface area contributed by atoms with Gasteiger partial charge in [0.1, 0.15) is 11.8 Å². The number of nitrogens with one attached hydrogen (secondary N) is 1. The van der Waals surface area contributed by atoms with Crippen LogP contribution in [0, 0.1) is 0 Å². The number of aromatic hydroxyl groups is 1. The zero-order valence-corrected chi connectivity index (χ0v) is 11.9. The molecule has 10 heteroatoms. The number of carboxylic acids is 1. The zero-order chi connectivity index (χ0) is 16.6. The van der Waals surface area contributed by atoms with Crippen LogP contribution in [0.1, 0.15) is 12.5 Å². The van der Waals surface area contributed by atoms with Gasteiger partial charge in [-0.2, -0.15) is 0 Å². The SMILES string of the molecule is CC(=O)NC(Cc1ccc(O)cc1)C(=O)O.O=P(O)(O)O. The first-order valence-electron chi connectivity index (χ1n) is 5.55. The van der Waals surface area contributed by atoms with Crippen LogP contribution in [0.3, 0.4) is 0 Å². The van der Waals surface area contributed by atoms with Gasteiger partial charge in [-0.25, -0.2) is 9.36 Å². The van der Waals surface area contributed by atoms with Gasteiger partial charge in [0.15, 0.2) is 0 Å². The van der Waals surface area contributed by atoms with Gasteiger partial charge in [0.05, 0.1) is 0 Å². The van der Waals surface area contributed by atoms with Crippen LogP contribution in [0.15, 0.2) is 24.3 Å². The fourth-order valence-electron chi connectivity index (χ4n) is 1.31. The maximum atomic E-state index is 10.8. The number of phenolic OH excluding ortho intramolecular Hbond substituents is 1. The quantitative estimate of drug-likeness (QED) is 0.407. The Morgan fingerprint density at radius 1 is 1.19 bits per heavy atom. The van der Waals surface area contributed by atoms with Crippen molar-refractivity contribution in [3.8, 4) is 5.75 Å². The second kappa shape index (κ2) is 8.38. The number of phenols is 1. The van der Waals surface area contributed by atoms with E-state index in [9.17, 15) is 9.59 Å². The van der Waals surface area contributed by atoms with E-state index in [0.717, 1.165) is 5.56 Å². The molecule has 0 saturated heterocycles. The molecule has 0 spiro atoms. The molecule has 0 bridgehead atoms. The second-order valence-corrected chi connectivity index (χ2v) is 5.00. The molecule has 0 heterocycles. The number of aliphatic carboxylic acids is 1. The summed E-state index contributed by atoms with van der Waals surface area (Å²) in [6.07, 6.45) is 0.190. The van der Waals surface area contributed by atoms with Crippen molar-refractivity contribution in [3.63, 3.8) is 0 Å².